The molecule has 0 aliphatic carbocycles. The molecule has 16 bridgehead atoms. The standard InChI is InChI=1S/C71H110O46S8/c1-2-118-17-25-56-40(86)48(94)64(102-25)111-57-26(18-119-10-3-33(72)73)104-66(50(96)42(57)88)113-59-28(20-121-12-5-35(76)77)106-68(52(98)44(59)90)115-61-30(22-123-14-7-37(80)81)108-70(54(100)46(61)92)117-63-32(24-125-16-9-39(84)85)109-71(55(101)47(63)93)116-62-31(23-124-15-8-38(82)83)107-69(53(99)45(62)91)114-60-29(21-122-13-6-36(78)79)105-67(51(97)43(60)89)112-58-27(19-120-11-4-34(74)75)103-65(110-56)49(95)41(58)87/h2,25-32,40-71,86-101H,1,3-24H2,(H,72,73)(H,74,75)(H,76,77)(H,78,79)(H,80,81)(H,82,83)(H,84,85)/t25-,26+,27-,28+,29-,30+,31-,32+,40?,41?,42-,43?,44?,45?,46-,47?,48-,49-,50+,51-,52+,53-,54+,55+,56-,57+,58-,59+,60-,61+,62?,63+,64-,65?,66+,67?,68?,69-,70+,71?/m1/s1. The molecule has 54 heteroatoms. The maximum absolute atomic E-state index is 12.3. The van der Waals surface area contributed by atoms with Crippen molar-refractivity contribution in [2.24, 2.45) is 0 Å². The molecule has 30 rings (SSSR count). The molecule has 30 saturated heterocycles. The summed E-state index contributed by atoms with van der Waals surface area (Å²) < 4.78 is 100. The van der Waals surface area contributed by atoms with Gasteiger partial charge in [-0.05, 0) is 5.41 Å². The fourth-order valence-corrected chi connectivity index (χ4v) is 22.0. The molecule has 0 aromatic carbocycles. The number of thioether (sulfide) groups is 8. The lowest BCUT2D eigenvalue weighted by molar-refractivity contribution is -0.396. The molecule has 46 nitrogen and oxygen atoms in total. The molecule has 23 N–H and O–H groups in total. The number of hydrogen-bond donors (Lipinski definition) is 23. The number of carbonyl (C=O) groups is 7. The van der Waals surface area contributed by atoms with Crippen LogP contribution in [0.3, 0.4) is 0 Å². The number of ether oxygens (including phenoxy) is 16. The van der Waals surface area contributed by atoms with Crippen LogP contribution in [-0.2, 0) is 109 Å². The zero-order valence-corrected chi connectivity index (χ0v) is 72.9. The molecule has 30 aliphatic heterocycles. The number of carboxylic acids is 7. The average molecular weight is 1960 g/mol. The van der Waals surface area contributed by atoms with Gasteiger partial charge in [0.15, 0.2) is 50.3 Å². The Morgan fingerprint density at radius 1 is 0.200 bits per heavy atom. The van der Waals surface area contributed by atoms with Crippen LogP contribution in [0.2, 0.25) is 0 Å². The van der Waals surface area contributed by atoms with Gasteiger partial charge in [-0.3, -0.25) is 33.6 Å². The Balaban J connectivity index is 1.11. The smallest absolute Gasteiger partial charge is 0.304 e. The molecule has 11 unspecified atom stereocenters. The summed E-state index contributed by atoms with van der Waals surface area (Å²) >= 11 is 7.24. The summed E-state index contributed by atoms with van der Waals surface area (Å²) in [4.78, 5) is 82.4. The van der Waals surface area contributed by atoms with E-state index in [2.05, 4.69) is 6.58 Å². The molecule has 40 atom stereocenters. The van der Waals surface area contributed by atoms with Crippen LogP contribution >= 0.6 is 94.1 Å². The largest absolute Gasteiger partial charge is 0.481 e. The lowest BCUT2D eigenvalue weighted by atomic mass is 9.95. The van der Waals surface area contributed by atoms with Crippen molar-refractivity contribution in [3.05, 3.63) is 12.0 Å². The van der Waals surface area contributed by atoms with E-state index in [1.165, 1.54) is 5.41 Å². The van der Waals surface area contributed by atoms with Crippen LogP contribution in [0.15, 0.2) is 12.0 Å². The minimum atomic E-state index is -2.31. The summed E-state index contributed by atoms with van der Waals surface area (Å²) in [7, 11) is 0. The van der Waals surface area contributed by atoms with Gasteiger partial charge in [-0.2, -0.15) is 82.3 Å². The highest BCUT2D eigenvalue weighted by Crippen LogP contribution is 2.43. The van der Waals surface area contributed by atoms with Crippen LogP contribution in [0.4, 0.5) is 0 Å². The van der Waals surface area contributed by atoms with Crippen molar-refractivity contribution in [3.63, 3.8) is 0 Å². The first-order valence-electron chi connectivity index (χ1n) is 39.5. The van der Waals surface area contributed by atoms with E-state index >= 15 is 0 Å². The van der Waals surface area contributed by atoms with Crippen LogP contribution in [0, 0.1) is 0 Å². The zero-order chi connectivity index (χ0) is 91.4. The van der Waals surface area contributed by atoms with Crippen molar-refractivity contribution in [3.8, 4) is 0 Å². The Kier molecular flexibility index (Phi) is 43.6. The Morgan fingerprint density at radius 3 is 0.432 bits per heavy atom. The van der Waals surface area contributed by atoms with Gasteiger partial charge >= 0.3 is 41.8 Å². The summed E-state index contributed by atoms with van der Waals surface area (Å²) in [5.74, 6) is -12.4. The van der Waals surface area contributed by atoms with E-state index in [9.17, 15) is 151 Å². The van der Waals surface area contributed by atoms with E-state index in [1.807, 2.05) is 0 Å². The molecule has 125 heavy (non-hydrogen) atoms. The quantitative estimate of drug-likeness (QED) is 0.0255. The SMILES string of the molecule is C=CSC[C@H]1O[C@@H]2O[C@@H]3[C@H](O)[C@H](O)[C@@H](O[C@H]3CSCCC(=O)O)O[C@@H]3C(O)[C@H](O)C(O[C@@H]4[C@H](O)[C@H](O)[C@@H](O[C@H]4CSCCC(=O)O)O[C@@H]4C(O)[C@H](O)C(OC5C(O)[C@@H](O)[C@H](O[C@@H]5CSCCC(=O)O)O[C@H]5C(O)[C@@H](O)C(O[C@@H]5CSCCC(=O)O)O[C@H]5C(O)[C@@H](O)C(O[C@@H]5CSCCC(=O)O)O[C@H]1C(O)[C@H]2O)O[C@H]4CSCCC(=O)O)O[C@H]3CSCCC(=O)O. The van der Waals surface area contributed by atoms with E-state index in [0.717, 1.165) is 94.1 Å². The second-order valence-corrected chi connectivity index (χ2v) is 39.1. The predicted octanol–water partition coefficient (Wildman–Crippen LogP) is -7.01. The molecule has 718 valence electrons. The lowest BCUT2D eigenvalue weighted by Crippen LogP contribution is -2.69. The average Bonchev–Trinajstić information content (AvgIpc) is 0.773. The van der Waals surface area contributed by atoms with E-state index in [0.29, 0.717) is 0 Å². The molecule has 30 aliphatic rings. The van der Waals surface area contributed by atoms with Crippen molar-refractivity contribution in [2.45, 2.75) is 291 Å². The fourth-order valence-electron chi connectivity index (χ4n) is 14.5. The van der Waals surface area contributed by atoms with Crippen molar-refractivity contribution >= 4 is 136 Å². The summed E-state index contributed by atoms with van der Waals surface area (Å²) in [6.07, 6.45) is -83.8. The normalized spacial score (nSPS) is 42.2. The second kappa shape index (κ2) is 51.3. The third-order valence-electron chi connectivity index (χ3n) is 21.0. The van der Waals surface area contributed by atoms with Crippen LogP contribution in [0.1, 0.15) is 44.9 Å². The summed E-state index contributed by atoms with van der Waals surface area (Å²) in [5.41, 5.74) is 0. The molecule has 0 radical (unpaired) electrons. The Morgan fingerprint density at radius 2 is 0.320 bits per heavy atom. The highest BCUT2D eigenvalue weighted by Gasteiger charge is 2.61. The minimum Gasteiger partial charge on any atom is -0.481 e. The minimum absolute atomic E-state index is 0.126. The molecule has 0 aromatic rings. The van der Waals surface area contributed by atoms with Gasteiger partial charge in [0.2, 0.25) is 0 Å². The van der Waals surface area contributed by atoms with E-state index in [-0.39, 0.29) is 86.3 Å². The Labute approximate surface area is 747 Å². The van der Waals surface area contributed by atoms with Crippen LogP contribution in [-0.4, -0.2) is 491 Å². The molecular weight excluding hydrogens is 1850 g/mol. The van der Waals surface area contributed by atoms with Crippen LogP contribution in [0.5, 0.6) is 0 Å². The topological polar surface area (TPSA) is 732 Å². The van der Waals surface area contributed by atoms with E-state index < -0.39 is 332 Å². The number of aliphatic hydroxyl groups is 16. The monoisotopic (exact) mass is 1950 g/mol. The van der Waals surface area contributed by atoms with Gasteiger partial charge in [0.1, 0.15) is 146 Å². The number of aliphatic carboxylic acids is 7. The first-order chi connectivity index (χ1) is 59.4. The highest BCUT2D eigenvalue weighted by atomic mass is 32.2. The van der Waals surface area contributed by atoms with Gasteiger partial charge in [-0.15, -0.1) is 11.8 Å². The Hall–Kier alpha value is -2.45. The molecule has 0 aromatic heterocycles. The fraction of sp³-hybridized carbons (Fsp3) is 0.873. The maximum Gasteiger partial charge on any atom is 0.304 e. The van der Waals surface area contributed by atoms with Crippen molar-refractivity contribution < 1.29 is 227 Å². The van der Waals surface area contributed by atoms with Gasteiger partial charge in [-0.25, -0.2) is 0 Å². The zero-order valence-electron chi connectivity index (χ0n) is 66.4. The van der Waals surface area contributed by atoms with E-state index in [4.69, 9.17) is 75.8 Å². The number of aliphatic hydroxyl groups excluding tert-OH is 16. The summed E-state index contributed by atoms with van der Waals surface area (Å²) in [5, 5.41) is 263. The lowest BCUT2D eigenvalue weighted by Gasteiger charge is -2.51. The van der Waals surface area contributed by atoms with Crippen LogP contribution < -0.4 is 0 Å². The molecule has 0 spiro atoms. The number of hydrogen-bond acceptors (Lipinski definition) is 47. The first-order valence-corrected chi connectivity index (χ1v) is 48.7. The Bertz CT molecular complexity index is 3240. The highest BCUT2D eigenvalue weighted by molar-refractivity contribution is 8.02. The van der Waals surface area contributed by atoms with Gasteiger partial charge in [0, 0.05) is 86.3 Å². The third-order valence-corrected chi connectivity index (χ3v) is 29.2. The van der Waals surface area contributed by atoms with Crippen molar-refractivity contribution in [1.82, 2.24) is 0 Å². The van der Waals surface area contributed by atoms with Crippen molar-refractivity contribution in [2.75, 3.05) is 86.3 Å². The molecule has 30 fully saturated rings. The molecule has 30 heterocycles. The van der Waals surface area contributed by atoms with Gasteiger partial charge < -0.3 is 193 Å². The number of carboxylic acid groups (broad SMARTS) is 7. The molecule has 0 amide bonds. The van der Waals surface area contributed by atoms with E-state index in [1.54, 1.807) is 0 Å². The van der Waals surface area contributed by atoms with Crippen molar-refractivity contribution in [1.29, 1.82) is 0 Å². The molecule has 0 saturated carbocycles. The van der Waals surface area contributed by atoms with Gasteiger partial charge in [-0.1, -0.05) is 6.58 Å². The number of rotatable bonds is 38. The van der Waals surface area contributed by atoms with Gasteiger partial charge in [0.25, 0.3) is 0 Å². The summed E-state index contributed by atoms with van der Waals surface area (Å²) in [6, 6.07) is 0. The third kappa shape index (κ3) is 29.5. The second-order valence-electron chi connectivity index (χ2n) is 30.0. The predicted molar refractivity (Wildman–Crippen MR) is 434 cm³/mol. The first kappa shape index (κ1) is 106. The van der Waals surface area contributed by atoms with Crippen LogP contribution in [0.25, 0.3) is 0 Å². The maximum atomic E-state index is 12.3. The molecular formula is C71H110O46S8. The summed E-state index contributed by atoms with van der Waals surface area (Å²) in [6.45, 7) is 3.71. The van der Waals surface area contributed by atoms with Gasteiger partial charge in [0.05, 0.1) is 93.8 Å².